The number of aromatic nitrogens is 1. The maximum atomic E-state index is 12.5. The lowest BCUT2D eigenvalue weighted by Gasteiger charge is -2.12. The van der Waals surface area contributed by atoms with Gasteiger partial charge in [0.05, 0.1) is 17.6 Å². The monoisotopic (exact) mass is 354 g/mol. The summed E-state index contributed by atoms with van der Waals surface area (Å²) in [4.78, 5) is 15.6. The van der Waals surface area contributed by atoms with Gasteiger partial charge in [0, 0.05) is 11.1 Å². The van der Waals surface area contributed by atoms with Crippen LogP contribution in [0.4, 0.5) is 5.69 Å². The number of nitrogens with one attached hydrogen (secondary N) is 1. The molecule has 0 aliphatic heterocycles. The van der Waals surface area contributed by atoms with Crippen molar-refractivity contribution in [2.45, 2.75) is 9.79 Å². The minimum absolute atomic E-state index is 0.115. The summed E-state index contributed by atoms with van der Waals surface area (Å²) in [7, 11) is -2.59. The molecule has 0 saturated carbocycles. The second-order valence-electron chi connectivity index (χ2n) is 4.37. The van der Waals surface area contributed by atoms with Gasteiger partial charge in [-0.15, -0.1) is 11.8 Å². The summed E-state index contributed by atoms with van der Waals surface area (Å²) in [6.07, 6.45) is 3.39. The highest BCUT2D eigenvalue weighted by atomic mass is 32.2. The Balaban J connectivity index is 2.42. The molecule has 2 rings (SSSR count). The molecule has 2 N–H and O–H groups in total. The first kappa shape index (κ1) is 17.1. The maximum absolute atomic E-state index is 12.5. The van der Waals surface area contributed by atoms with E-state index in [1.807, 2.05) is 6.26 Å². The minimum atomic E-state index is -3.97. The van der Waals surface area contributed by atoms with Gasteiger partial charge in [0.15, 0.2) is 0 Å². The molecule has 0 aliphatic carbocycles. The zero-order valence-corrected chi connectivity index (χ0v) is 13.9. The smallest absolute Gasteiger partial charge is 0.335 e. The van der Waals surface area contributed by atoms with E-state index >= 15 is 0 Å². The normalized spacial score (nSPS) is 11.0. The van der Waals surface area contributed by atoms with Crippen LogP contribution in [0.15, 0.2) is 46.3 Å². The number of aromatic carboxylic acids is 1. The van der Waals surface area contributed by atoms with E-state index in [0.29, 0.717) is 0 Å². The number of rotatable bonds is 6. The van der Waals surface area contributed by atoms with Crippen LogP contribution in [0.2, 0.25) is 0 Å². The molecule has 0 saturated heterocycles. The summed E-state index contributed by atoms with van der Waals surface area (Å²) >= 11 is 1.40. The predicted molar refractivity (Wildman–Crippen MR) is 86.8 cm³/mol. The van der Waals surface area contributed by atoms with E-state index in [2.05, 4.69) is 9.71 Å². The van der Waals surface area contributed by atoms with Gasteiger partial charge in [0.25, 0.3) is 10.0 Å². The zero-order valence-electron chi connectivity index (χ0n) is 12.3. The van der Waals surface area contributed by atoms with Crippen LogP contribution in [0, 0.1) is 0 Å². The van der Waals surface area contributed by atoms with Crippen molar-refractivity contribution >= 4 is 33.4 Å². The van der Waals surface area contributed by atoms with Crippen LogP contribution in [-0.2, 0) is 10.0 Å². The lowest BCUT2D eigenvalue weighted by molar-refractivity contribution is 0.0696. The third-order valence-electron chi connectivity index (χ3n) is 2.89. The van der Waals surface area contributed by atoms with Crippen molar-refractivity contribution in [3.05, 3.63) is 42.1 Å². The standard InChI is InChI=1S/C14H14N2O5S2/c1-21-13-12(7-10(22-2)8-15-13)16-23(19,20)11-5-3-4-9(6-11)14(17)18/h3-8,16H,1-2H3,(H,17,18). The average Bonchev–Trinajstić information content (AvgIpc) is 2.54. The van der Waals surface area contributed by atoms with Crippen molar-refractivity contribution in [1.29, 1.82) is 0 Å². The van der Waals surface area contributed by atoms with Crippen molar-refractivity contribution in [2.24, 2.45) is 0 Å². The largest absolute Gasteiger partial charge is 0.479 e. The quantitative estimate of drug-likeness (QED) is 0.767. The third kappa shape index (κ3) is 3.93. The van der Waals surface area contributed by atoms with Crippen LogP contribution in [-0.4, -0.2) is 37.8 Å². The van der Waals surface area contributed by atoms with E-state index in [1.165, 1.54) is 37.1 Å². The summed E-state index contributed by atoms with van der Waals surface area (Å²) in [6.45, 7) is 0. The zero-order chi connectivity index (χ0) is 17.0. The summed E-state index contributed by atoms with van der Waals surface area (Å²) in [6, 6.07) is 6.68. The molecule has 0 aliphatic rings. The number of pyridine rings is 1. The molecule has 7 nitrogen and oxygen atoms in total. The number of hydrogen-bond acceptors (Lipinski definition) is 6. The molecule has 0 fully saturated rings. The van der Waals surface area contributed by atoms with Crippen molar-refractivity contribution in [3.63, 3.8) is 0 Å². The fourth-order valence-corrected chi connectivity index (χ4v) is 3.27. The van der Waals surface area contributed by atoms with E-state index in [-0.39, 0.29) is 22.0 Å². The second kappa shape index (κ2) is 6.88. The van der Waals surface area contributed by atoms with Crippen LogP contribution in [0.3, 0.4) is 0 Å². The van der Waals surface area contributed by atoms with E-state index in [4.69, 9.17) is 9.84 Å². The van der Waals surface area contributed by atoms with Crippen LogP contribution < -0.4 is 9.46 Å². The predicted octanol–water partition coefficient (Wildman–Crippen LogP) is 2.31. The molecule has 0 spiro atoms. The molecular formula is C14H14N2O5S2. The van der Waals surface area contributed by atoms with Crippen LogP contribution in [0.25, 0.3) is 0 Å². The van der Waals surface area contributed by atoms with Crippen LogP contribution >= 0.6 is 11.8 Å². The molecule has 0 unspecified atom stereocenters. The molecule has 1 aromatic heterocycles. The summed E-state index contributed by atoms with van der Waals surface area (Å²) in [5.74, 6) is -1.08. The van der Waals surface area contributed by atoms with Crippen LogP contribution in [0.5, 0.6) is 5.88 Å². The molecule has 122 valence electrons. The first-order chi connectivity index (χ1) is 10.9. The highest BCUT2D eigenvalue weighted by Crippen LogP contribution is 2.28. The Labute approximate surface area is 137 Å². The van der Waals surface area contributed by atoms with Crippen molar-refractivity contribution < 1.29 is 23.1 Å². The van der Waals surface area contributed by atoms with Crippen LogP contribution in [0.1, 0.15) is 10.4 Å². The molecule has 0 bridgehead atoms. The highest BCUT2D eigenvalue weighted by molar-refractivity contribution is 7.98. The first-order valence-corrected chi connectivity index (χ1v) is 9.02. The van der Waals surface area contributed by atoms with Gasteiger partial charge in [-0.25, -0.2) is 18.2 Å². The number of nitrogens with zero attached hydrogens (tertiary/aromatic N) is 1. The van der Waals surface area contributed by atoms with Crippen molar-refractivity contribution in [3.8, 4) is 5.88 Å². The third-order valence-corrected chi connectivity index (χ3v) is 4.95. The number of ether oxygens (including phenoxy) is 1. The summed E-state index contributed by atoms with van der Waals surface area (Å²) < 4.78 is 32.3. The van der Waals surface area contributed by atoms with Gasteiger partial charge in [-0.2, -0.15) is 0 Å². The Hall–Kier alpha value is -2.26. The number of hydrogen-bond donors (Lipinski definition) is 2. The van der Waals surface area contributed by atoms with Gasteiger partial charge in [-0.05, 0) is 30.5 Å². The molecule has 23 heavy (non-hydrogen) atoms. The van der Waals surface area contributed by atoms with Crippen molar-refractivity contribution in [2.75, 3.05) is 18.1 Å². The second-order valence-corrected chi connectivity index (χ2v) is 6.93. The first-order valence-electron chi connectivity index (χ1n) is 6.31. The summed E-state index contributed by atoms with van der Waals surface area (Å²) in [5.41, 5.74) is 0.0657. The van der Waals surface area contributed by atoms with Gasteiger partial charge in [-0.1, -0.05) is 6.07 Å². The molecule has 0 radical (unpaired) electrons. The van der Waals surface area contributed by atoms with E-state index in [9.17, 15) is 13.2 Å². The van der Waals surface area contributed by atoms with Gasteiger partial charge >= 0.3 is 5.97 Å². The number of benzene rings is 1. The SMILES string of the molecule is COc1ncc(SC)cc1NS(=O)(=O)c1cccc(C(=O)O)c1. The van der Waals surface area contributed by atoms with E-state index < -0.39 is 16.0 Å². The highest BCUT2D eigenvalue weighted by Gasteiger charge is 2.19. The molecule has 0 atom stereocenters. The Kier molecular flexibility index (Phi) is 5.12. The molecule has 2 aromatic rings. The molecule has 1 heterocycles. The Morgan fingerprint density at radius 1 is 1.35 bits per heavy atom. The number of anilines is 1. The number of carbonyl (C=O) groups is 1. The number of sulfonamides is 1. The maximum Gasteiger partial charge on any atom is 0.335 e. The number of carboxylic acid groups (broad SMARTS) is 1. The Morgan fingerprint density at radius 3 is 2.70 bits per heavy atom. The Morgan fingerprint density at radius 2 is 2.09 bits per heavy atom. The summed E-state index contributed by atoms with van der Waals surface area (Å²) in [5, 5.41) is 8.97. The minimum Gasteiger partial charge on any atom is -0.479 e. The Bertz CT molecular complexity index is 837. The van der Waals surface area contributed by atoms with Gasteiger partial charge in [0.2, 0.25) is 5.88 Å². The lowest BCUT2D eigenvalue weighted by Crippen LogP contribution is -2.14. The molecule has 9 heteroatoms. The lowest BCUT2D eigenvalue weighted by atomic mass is 10.2. The molecule has 0 amide bonds. The van der Waals surface area contributed by atoms with Gasteiger partial charge < -0.3 is 9.84 Å². The average molecular weight is 354 g/mol. The fourth-order valence-electron chi connectivity index (χ4n) is 1.78. The molecular weight excluding hydrogens is 340 g/mol. The van der Waals surface area contributed by atoms with Gasteiger partial charge in [0.1, 0.15) is 5.69 Å². The molecule has 1 aromatic carbocycles. The van der Waals surface area contributed by atoms with Crippen molar-refractivity contribution in [1.82, 2.24) is 4.98 Å². The number of carboxylic acids is 1. The van der Waals surface area contributed by atoms with E-state index in [1.54, 1.807) is 12.3 Å². The van der Waals surface area contributed by atoms with E-state index in [0.717, 1.165) is 11.0 Å². The number of methoxy groups -OCH3 is 1. The van der Waals surface area contributed by atoms with Gasteiger partial charge in [-0.3, -0.25) is 4.72 Å². The fraction of sp³-hybridized carbons (Fsp3) is 0.143. The number of thioether (sulfide) groups is 1. The topological polar surface area (TPSA) is 106 Å².